The summed E-state index contributed by atoms with van der Waals surface area (Å²) in [5.41, 5.74) is -0.541. The fourth-order valence-corrected chi connectivity index (χ4v) is 5.58. The second-order valence-corrected chi connectivity index (χ2v) is 9.28. The third-order valence-corrected chi connectivity index (χ3v) is 6.60. The van der Waals surface area contributed by atoms with Gasteiger partial charge in [-0.2, -0.15) is 17.1 Å². The van der Waals surface area contributed by atoms with E-state index in [9.17, 15) is 21.6 Å². The van der Waals surface area contributed by atoms with E-state index in [-0.39, 0.29) is 6.61 Å². The molecule has 1 rings (SSSR count). The Kier molecular flexibility index (Phi) is 4.90. The maximum atomic E-state index is 13.8. The van der Waals surface area contributed by atoms with Gasteiger partial charge in [0.1, 0.15) is 0 Å². The summed E-state index contributed by atoms with van der Waals surface area (Å²) in [5, 5.41) is 0. The zero-order chi connectivity index (χ0) is 13.4. The van der Waals surface area contributed by atoms with Gasteiger partial charge in [-0.15, -0.1) is 8.96 Å². The average molecular weight is 317 g/mol. The number of hydrogen-bond acceptors (Lipinski definition) is 4. The first-order valence-corrected chi connectivity index (χ1v) is 8.15. The van der Waals surface area contributed by atoms with Crippen molar-refractivity contribution in [3.8, 4) is 0 Å². The predicted molar refractivity (Wildman–Crippen MR) is 57.8 cm³/mol. The number of hydrogen-bond donors (Lipinski definition) is 0. The highest BCUT2D eigenvalue weighted by atomic mass is 31.3. The monoisotopic (exact) mass is 317 g/mol. The molecule has 0 aliphatic carbocycles. The van der Waals surface area contributed by atoms with E-state index in [0.717, 1.165) is 0 Å². The number of nitrogens with zero attached hydrogens (tertiary/aromatic N) is 3. The Balaban J connectivity index is 2.89. The van der Waals surface area contributed by atoms with Crippen molar-refractivity contribution in [1.82, 2.24) is 9.33 Å². The maximum Gasteiger partial charge on any atom is 0.371 e. The summed E-state index contributed by atoms with van der Waals surface area (Å²) in [4.78, 5) is 0. The first kappa shape index (κ1) is 15.7. The van der Waals surface area contributed by atoms with Gasteiger partial charge in [0.2, 0.25) is 0 Å². The first-order chi connectivity index (χ1) is 7.57. The largest absolute Gasteiger partial charge is 0.371 e. The molecule has 0 saturated carbocycles. The van der Waals surface area contributed by atoms with Gasteiger partial charge in [0, 0.05) is 4.66 Å². The van der Waals surface area contributed by atoms with E-state index in [4.69, 9.17) is 0 Å². The molecule has 1 aliphatic heterocycles. The van der Waals surface area contributed by atoms with Gasteiger partial charge in [-0.05, 0) is 10.1 Å². The van der Waals surface area contributed by atoms with Gasteiger partial charge in [-0.3, -0.25) is 0 Å². The molecule has 1 heterocycles. The lowest BCUT2D eigenvalue weighted by molar-refractivity contribution is 0.135. The highest BCUT2D eigenvalue weighted by molar-refractivity contribution is 7.77. The van der Waals surface area contributed by atoms with Crippen molar-refractivity contribution >= 4 is 24.8 Å². The molecule has 3 atom stereocenters. The second kappa shape index (κ2) is 5.32. The van der Waals surface area contributed by atoms with Gasteiger partial charge < -0.3 is 4.52 Å². The third-order valence-electron chi connectivity index (χ3n) is 1.46. The van der Waals surface area contributed by atoms with Crippen molar-refractivity contribution < 1.29 is 26.1 Å². The number of rotatable bonds is 2. The Morgan fingerprint density at radius 2 is 1.82 bits per heavy atom. The molecule has 0 bridgehead atoms. The van der Waals surface area contributed by atoms with Crippen molar-refractivity contribution in [2.75, 3.05) is 6.61 Å². The van der Waals surface area contributed by atoms with Gasteiger partial charge in [-0.25, -0.2) is 0 Å². The Hall–Kier alpha value is 0.620. The Morgan fingerprint density at radius 1 is 1.29 bits per heavy atom. The van der Waals surface area contributed by atoms with Crippen LogP contribution in [-0.4, -0.2) is 15.9 Å². The zero-order valence-corrected chi connectivity index (χ0v) is 11.9. The Bertz CT molecular complexity index is 339. The summed E-state index contributed by atoms with van der Waals surface area (Å²) in [6.45, 7) is 4.68. The molecule has 0 fully saturated rings. The molecule has 1 aliphatic rings. The van der Waals surface area contributed by atoms with E-state index >= 15 is 0 Å². The molecule has 0 N–H and O–H groups in total. The maximum absolute atomic E-state index is 13.8. The van der Waals surface area contributed by atoms with E-state index in [2.05, 4.69) is 9.04 Å². The molecule has 0 aromatic rings. The van der Waals surface area contributed by atoms with Crippen LogP contribution in [0.4, 0.5) is 21.6 Å². The van der Waals surface area contributed by atoms with Gasteiger partial charge in [0.05, 0.1) is 6.61 Å². The van der Waals surface area contributed by atoms with Gasteiger partial charge >= 0.3 is 24.8 Å². The quantitative estimate of drug-likeness (QED) is 0.369. The van der Waals surface area contributed by atoms with Crippen LogP contribution in [0.25, 0.3) is 0 Å². The molecule has 0 spiro atoms. The highest BCUT2D eigenvalue weighted by Crippen LogP contribution is 2.80. The summed E-state index contributed by atoms with van der Waals surface area (Å²) in [5.74, 6) is 0. The van der Waals surface area contributed by atoms with E-state index in [1.807, 2.05) is 0 Å². The molecule has 0 radical (unpaired) electrons. The molecule has 12 heteroatoms. The average Bonchev–Trinajstić information content (AvgIpc) is 2.20. The van der Waals surface area contributed by atoms with Crippen molar-refractivity contribution in [1.29, 1.82) is 0 Å². The molecule has 4 nitrogen and oxygen atoms in total. The first-order valence-electron chi connectivity index (χ1n) is 4.37. The smallest absolute Gasteiger partial charge is 0.306 e. The van der Waals surface area contributed by atoms with Crippen LogP contribution >= 0.6 is 24.8 Å². The molecule has 0 aromatic carbocycles. The predicted octanol–water partition coefficient (Wildman–Crippen LogP) is 5.74. The topological polar surface area (TPSA) is 28.1 Å². The lowest BCUT2D eigenvalue weighted by Crippen LogP contribution is -2.18. The summed E-state index contributed by atoms with van der Waals surface area (Å²) >= 11 is 0. The fourth-order valence-electron chi connectivity index (χ4n) is 0.719. The van der Waals surface area contributed by atoms with Crippen molar-refractivity contribution in [2.24, 2.45) is 9.93 Å². The van der Waals surface area contributed by atoms with Gasteiger partial charge in [0.15, 0.2) is 0 Å². The minimum Gasteiger partial charge on any atom is -0.306 e. The minimum atomic E-state index is -4.88. The van der Waals surface area contributed by atoms with Gasteiger partial charge in [0.25, 0.3) is 0 Å². The Morgan fingerprint density at radius 3 is 2.29 bits per heavy atom. The summed E-state index contributed by atoms with van der Waals surface area (Å²) in [6.07, 6.45) is 0. The fraction of sp³-hybridized carbons (Fsp3) is 1.00. The van der Waals surface area contributed by atoms with E-state index < -0.39 is 39.6 Å². The molecule has 17 heavy (non-hydrogen) atoms. The normalized spacial score (nSPS) is 36.9. The van der Waals surface area contributed by atoms with E-state index in [1.54, 1.807) is 20.8 Å². The summed E-state index contributed by atoms with van der Waals surface area (Å²) < 4.78 is 70.3. The minimum absolute atomic E-state index is 0.292. The standard InChI is InChI=1S/C5H11F5N3OP3/c1-5(2,3)4-14-17(10)11-15(8)12(6)16(9)13(17)7/h4H2,1-3H3. The van der Waals surface area contributed by atoms with Crippen LogP contribution in [0.3, 0.4) is 0 Å². The van der Waals surface area contributed by atoms with Gasteiger partial charge in [-0.1, -0.05) is 20.8 Å². The molecule has 102 valence electrons. The highest BCUT2D eigenvalue weighted by Gasteiger charge is 2.51. The van der Waals surface area contributed by atoms with Crippen molar-refractivity contribution in [3.05, 3.63) is 0 Å². The number of halogens is 5. The lowest BCUT2D eigenvalue weighted by atomic mass is 9.99. The van der Waals surface area contributed by atoms with Crippen LogP contribution in [-0.2, 0) is 4.52 Å². The van der Waals surface area contributed by atoms with Crippen molar-refractivity contribution in [2.45, 2.75) is 20.8 Å². The van der Waals surface area contributed by atoms with Crippen LogP contribution < -0.4 is 0 Å². The molecule has 3 unspecified atom stereocenters. The molecular formula is C5H11F5N3OP3. The summed E-state index contributed by atoms with van der Waals surface area (Å²) in [6, 6.07) is 0. The van der Waals surface area contributed by atoms with Crippen LogP contribution in [0, 0.1) is 5.41 Å². The van der Waals surface area contributed by atoms with Crippen LogP contribution in [0.15, 0.2) is 4.52 Å². The zero-order valence-electron chi connectivity index (χ0n) is 9.19. The second-order valence-electron chi connectivity index (χ2n) is 4.36. The van der Waals surface area contributed by atoms with Crippen LogP contribution in [0.1, 0.15) is 20.8 Å². The van der Waals surface area contributed by atoms with Crippen LogP contribution in [0.5, 0.6) is 0 Å². The lowest BCUT2D eigenvalue weighted by Gasteiger charge is -2.31. The van der Waals surface area contributed by atoms with Crippen molar-refractivity contribution in [3.63, 3.8) is 0 Å². The molecule has 0 amide bonds. The SMILES string of the molecule is CC(C)(C)COP1(F)=NP(F)N(F)P(F)N1F. The molecular weight excluding hydrogens is 306 g/mol. The molecule has 0 saturated heterocycles. The molecule has 0 aromatic heterocycles. The summed E-state index contributed by atoms with van der Waals surface area (Å²) in [7, 11) is -12.3. The third kappa shape index (κ3) is 3.79. The Labute approximate surface area is 98.2 Å². The van der Waals surface area contributed by atoms with E-state index in [1.165, 1.54) is 0 Å². The van der Waals surface area contributed by atoms with E-state index in [0.29, 0.717) is 0 Å². The van der Waals surface area contributed by atoms with Crippen LogP contribution in [0.2, 0.25) is 0 Å².